The van der Waals surface area contributed by atoms with Crippen LogP contribution >= 0.6 is 23.4 Å². The molecule has 3 nitrogen and oxygen atoms in total. The zero-order valence-corrected chi connectivity index (χ0v) is 11.3. The molecule has 2 N–H and O–H groups in total. The molecule has 94 valence electrons. The molecule has 0 aliphatic carbocycles. The van der Waals surface area contributed by atoms with Gasteiger partial charge >= 0.3 is 0 Å². The Bertz CT molecular complexity index is 370. The number of nitrogens with two attached hydrogens (primary N) is 1. The Morgan fingerprint density at radius 2 is 2.12 bits per heavy atom. The molecule has 1 aliphatic heterocycles. The number of rotatable bonds is 4. The van der Waals surface area contributed by atoms with Gasteiger partial charge in [0.15, 0.2) is 0 Å². The summed E-state index contributed by atoms with van der Waals surface area (Å²) in [6, 6.07) is 5.68. The van der Waals surface area contributed by atoms with Gasteiger partial charge < -0.3 is 10.5 Å². The van der Waals surface area contributed by atoms with Crippen molar-refractivity contribution < 1.29 is 4.74 Å². The third kappa shape index (κ3) is 4.07. The molecule has 0 atom stereocenters. The summed E-state index contributed by atoms with van der Waals surface area (Å²) in [5, 5.41) is 0.747. The number of hydrogen-bond acceptors (Lipinski definition) is 4. The lowest BCUT2D eigenvalue weighted by Gasteiger charge is -2.26. The fourth-order valence-corrected chi connectivity index (χ4v) is 3.03. The van der Waals surface area contributed by atoms with Crippen LogP contribution in [0.15, 0.2) is 23.1 Å². The number of thioether (sulfide) groups is 1. The van der Waals surface area contributed by atoms with Crippen LogP contribution in [-0.2, 0) is 4.74 Å². The number of benzene rings is 1. The molecule has 0 saturated carbocycles. The van der Waals surface area contributed by atoms with Crippen LogP contribution in [0, 0.1) is 0 Å². The van der Waals surface area contributed by atoms with Gasteiger partial charge in [-0.1, -0.05) is 11.6 Å². The molecular weight excluding hydrogens is 256 g/mol. The van der Waals surface area contributed by atoms with E-state index in [9.17, 15) is 0 Å². The van der Waals surface area contributed by atoms with Gasteiger partial charge in [0.05, 0.1) is 18.2 Å². The molecule has 17 heavy (non-hydrogen) atoms. The number of morpholine rings is 1. The van der Waals surface area contributed by atoms with E-state index < -0.39 is 0 Å². The third-order valence-electron chi connectivity index (χ3n) is 2.72. The zero-order valence-electron chi connectivity index (χ0n) is 9.69. The van der Waals surface area contributed by atoms with Gasteiger partial charge in [-0.05, 0) is 18.2 Å². The highest BCUT2D eigenvalue weighted by Crippen LogP contribution is 2.28. The molecule has 0 bridgehead atoms. The minimum atomic E-state index is 0.715. The number of hydrogen-bond donors (Lipinski definition) is 1. The Hall–Kier alpha value is -0.420. The van der Waals surface area contributed by atoms with Crippen molar-refractivity contribution in [1.82, 2.24) is 4.90 Å². The summed E-state index contributed by atoms with van der Waals surface area (Å²) in [6.07, 6.45) is 0. The number of nitrogens with zero attached hydrogens (tertiary/aromatic N) is 1. The maximum atomic E-state index is 6.12. The van der Waals surface area contributed by atoms with Gasteiger partial charge in [0.25, 0.3) is 0 Å². The molecule has 0 amide bonds. The lowest BCUT2D eigenvalue weighted by Crippen LogP contribution is -2.37. The molecule has 1 saturated heterocycles. The fraction of sp³-hybridized carbons (Fsp3) is 0.500. The van der Waals surface area contributed by atoms with E-state index in [0.717, 1.165) is 48.5 Å². The van der Waals surface area contributed by atoms with Gasteiger partial charge in [-0.3, -0.25) is 4.90 Å². The lowest BCUT2D eigenvalue weighted by atomic mass is 10.3. The summed E-state index contributed by atoms with van der Waals surface area (Å²) >= 11 is 7.90. The molecule has 1 fully saturated rings. The fourth-order valence-electron chi connectivity index (χ4n) is 1.74. The Kier molecular flexibility index (Phi) is 4.98. The highest BCUT2D eigenvalue weighted by Gasteiger charge is 2.10. The van der Waals surface area contributed by atoms with Crippen LogP contribution in [0.2, 0.25) is 5.02 Å². The monoisotopic (exact) mass is 272 g/mol. The summed E-state index contributed by atoms with van der Waals surface area (Å²) in [5.41, 5.74) is 6.37. The predicted octanol–water partition coefficient (Wildman–Crippen LogP) is 2.35. The molecule has 1 aromatic rings. The van der Waals surface area contributed by atoms with E-state index in [1.807, 2.05) is 12.1 Å². The average molecular weight is 273 g/mol. The summed E-state index contributed by atoms with van der Waals surface area (Å²) in [6.45, 7) is 4.86. The van der Waals surface area contributed by atoms with Gasteiger partial charge in [-0.2, -0.15) is 0 Å². The van der Waals surface area contributed by atoms with Crippen LogP contribution in [0.4, 0.5) is 5.69 Å². The zero-order chi connectivity index (χ0) is 12.1. The standard InChI is InChI=1S/C12H17ClN2OS/c13-11-9-10(14)1-2-12(11)17-8-5-15-3-6-16-7-4-15/h1-2,9H,3-8,14H2. The molecule has 0 spiro atoms. The Labute approximate surface area is 111 Å². The van der Waals surface area contributed by atoms with E-state index in [0.29, 0.717) is 5.69 Å². The van der Waals surface area contributed by atoms with Crippen LogP contribution < -0.4 is 5.73 Å². The third-order valence-corrected chi connectivity index (χ3v) is 4.20. The number of halogens is 1. The van der Waals surface area contributed by atoms with Crippen molar-refractivity contribution in [2.75, 3.05) is 44.3 Å². The summed E-state index contributed by atoms with van der Waals surface area (Å²) in [7, 11) is 0. The van der Waals surface area contributed by atoms with Crippen molar-refractivity contribution in [3.8, 4) is 0 Å². The predicted molar refractivity (Wildman–Crippen MR) is 73.8 cm³/mol. The van der Waals surface area contributed by atoms with Gasteiger partial charge in [0.1, 0.15) is 0 Å². The summed E-state index contributed by atoms with van der Waals surface area (Å²) in [4.78, 5) is 3.52. The molecule has 0 unspecified atom stereocenters. The van der Waals surface area contributed by atoms with Crippen molar-refractivity contribution >= 4 is 29.1 Å². The summed E-state index contributed by atoms with van der Waals surface area (Å²) < 4.78 is 5.31. The van der Waals surface area contributed by atoms with E-state index >= 15 is 0 Å². The van der Waals surface area contributed by atoms with Crippen molar-refractivity contribution in [3.05, 3.63) is 23.2 Å². The van der Waals surface area contributed by atoms with Crippen molar-refractivity contribution in [2.24, 2.45) is 0 Å². The molecule has 1 aliphatic rings. The minimum absolute atomic E-state index is 0.715. The highest BCUT2D eigenvalue weighted by molar-refractivity contribution is 7.99. The van der Waals surface area contributed by atoms with E-state index in [-0.39, 0.29) is 0 Å². The molecule has 5 heteroatoms. The summed E-state index contributed by atoms with van der Waals surface area (Å²) in [5.74, 6) is 1.05. The van der Waals surface area contributed by atoms with Gasteiger partial charge in [0, 0.05) is 36.0 Å². The second kappa shape index (κ2) is 6.50. The first-order valence-corrected chi connectivity index (χ1v) is 7.10. The van der Waals surface area contributed by atoms with E-state index in [4.69, 9.17) is 22.1 Å². The van der Waals surface area contributed by atoms with Crippen LogP contribution in [0.5, 0.6) is 0 Å². The first-order chi connectivity index (χ1) is 8.25. The maximum absolute atomic E-state index is 6.12. The van der Waals surface area contributed by atoms with E-state index in [1.54, 1.807) is 17.8 Å². The van der Waals surface area contributed by atoms with Crippen LogP contribution in [0.3, 0.4) is 0 Å². The highest BCUT2D eigenvalue weighted by atomic mass is 35.5. The Morgan fingerprint density at radius 3 is 2.82 bits per heavy atom. The lowest BCUT2D eigenvalue weighted by molar-refractivity contribution is 0.0410. The van der Waals surface area contributed by atoms with Gasteiger partial charge in [0.2, 0.25) is 0 Å². The van der Waals surface area contributed by atoms with Gasteiger partial charge in [-0.25, -0.2) is 0 Å². The van der Waals surface area contributed by atoms with Gasteiger partial charge in [-0.15, -0.1) is 11.8 Å². The minimum Gasteiger partial charge on any atom is -0.399 e. The van der Waals surface area contributed by atoms with Crippen LogP contribution in [0.1, 0.15) is 0 Å². The number of ether oxygens (including phenoxy) is 1. The van der Waals surface area contributed by atoms with E-state index in [2.05, 4.69) is 4.90 Å². The van der Waals surface area contributed by atoms with E-state index in [1.165, 1.54) is 0 Å². The van der Waals surface area contributed by atoms with Crippen molar-refractivity contribution in [1.29, 1.82) is 0 Å². The molecule has 2 rings (SSSR count). The average Bonchev–Trinajstić information content (AvgIpc) is 2.33. The Balaban J connectivity index is 1.77. The second-order valence-electron chi connectivity index (χ2n) is 3.99. The first-order valence-electron chi connectivity index (χ1n) is 5.73. The largest absolute Gasteiger partial charge is 0.399 e. The van der Waals surface area contributed by atoms with Crippen molar-refractivity contribution in [3.63, 3.8) is 0 Å². The second-order valence-corrected chi connectivity index (χ2v) is 5.54. The molecular formula is C12H17ClN2OS. The number of anilines is 1. The molecule has 0 aromatic heterocycles. The quantitative estimate of drug-likeness (QED) is 0.675. The number of nitrogen functional groups attached to an aromatic ring is 1. The van der Waals surface area contributed by atoms with Crippen LogP contribution in [-0.4, -0.2) is 43.5 Å². The van der Waals surface area contributed by atoms with Crippen LogP contribution in [0.25, 0.3) is 0 Å². The normalized spacial score (nSPS) is 17.2. The van der Waals surface area contributed by atoms with Crippen molar-refractivity contribution in [2.45, 2.75) is 4.90 Å². The molecule has 0 radical (unpaired) electrons. The SMILES string of the molecule is Nc1ccc(SCCN2CCOCC2)c(Cl)c1. The molecule has 1 aromatic carbocycles. The molecule has 1 heterocycles. The maximum Gasteiger partial charge on any atom is 0.0594 e. The first kappa shape index (κ1) is 13.0. The Morgan fingerprint density at radius 1 is 1.35 bits per heavy atom. The smallest absolute Gasteiger partial charge is 0.0594 e. The topological polar surface area (TPSA) is 38.5 Å².